The second-order valence-electron chi connectivity index (χ2n) is 10.9. The predicted molar refractivity (Wildman–Crippen MR) is 183 cm³/mol. The van der Waals surface area contributed by atoms with Crippen LogP contribution < -0.4 is 20.4 Å². The molecule has 2 fully saturated rings. The summed E-state index contributed by atoms with van der Waals surface area (Å²) in [6.45, 7) is 4.78. The summed E-state index contributed by atoms with van der Waals surface area (Å²) >= 11 is 1.35. The van der Waals surface area contributed by atoms with E-state index in [2.05, 4.69) is 20.5 Å². The summed E-state index contributed by atoms with van der Waals surface area (Å²) < 4.78 is 10.7. The summed E-state index contributed by atoms with van der Waals surface area (Å²) in [6, 6.07) is 28.9. The summed E-state index contributed by atoms with van der Waals surface area (Å²) in [5.41, 5.74) is 3.95. The molecule has 2 atom stereocenters. The SMILES string of the molecule is C[C@H](NC(=O)OCc1ccccc1)C(=O)Nc1ccc(C2SC(=Nc3ccc(N4CCOCC4)cc3)N(c3ccccn3)C2=O)cc1. The van der Waals surface area contributed by atoms with Crippen LogP contribution in [0.2, 0.25) is 0 Å². The third kappa shape index (κ3) is 7.97. The van der Waals surface area contributed by atoms with Crippen molar-refractivity contribution in [2.24, 2.45) is 4.99 Å². The number of benzene rings is 3. The fourth-order valence-electron chi connectivity index (χ4n) is 5.07. The molecule has 1 unspecified atom stereocenters. The largest absolute Gasteiger partial charge is 0.445 e. The fourth-order valence-corrected chi connectivity index (χ4v) is 6.23. The second kappa shape index (κ2) is 14.9. The van der Waals surface area contributed by atoms with Gasteiger partial charge in [0.1, 0.15) is 23.7 Å². The molecule has 6 rings (SSSR count). The highest BCUT2D eigenvalue weighted by molar-refractivity contribution is 8.15. The number of alkyl carbamates (subject to hydrolysis) is 1. The van der Waals surface area contributed by atoms with Gasteiger partial charge in [0.2, 0.25) is 5.91 Å². The van der Waals surface area contributed by atoms with Crippen molar-refractivity contribution in [1.29, 1.82) is 0 Å². The Labute approximate surface area is 277 Å². The van der Waals surface area contributed by atoms with Gasteiger partial charge in [0.15, 0.2) is 5.17 Å². The van der Waals surface area contributed by atoms with Crippen molar-refractivity contribution in [2.45, 2.75) is 24.8 Å². The molecule has 1 aromatic heterocycles. The van der Waals surface area contributed by atoms with E-state index in [0.717, 1.165) is 35.6 Å². The smallest absolute Gasteiger partial charge is 0.408 e. The van der Waals surface area contributed by atoms with Crippen molar-refractivity contribution in [3.05, 3.63) is 114 Å². The van der Waals surface area contributed by atoms with E-state index in [-0.39, 0.29) is 12.5 Å². The van der Waals surface area contributed by atoms with Gasteiger partial charge in [0.25, 0.3) is 5.91 Å². The van der Waals surface area contributed by atoms with Gasteiger partial charge in [0, 0.05) is 30.7 Å². The normalized spacial score (nSPS) is 17.8. The number of pyridine rings is 1. The van der Waals surface area contributed by atoms with Crippen molar-refractivity contribution in [2.75, 3.05) is 41.4 Å². The highest BCUT2D eigenvalue weighted by Gasteiger charge is 2.40. The molecule has 4 aromatic rings. The van der Waals surface area contributed by atoms with Gasteiger partial charge in [-0.2, -0.15) is 0 Å². The van der Waals surface area contributed by atoms with E-state index in [9.17, 15) is 14.4 Å². The number of rotatable bonds is 9. The molecule has 2 aliphatic heterocycles. The third-order valence-electron chi connectivity index (χ3n) is 7.61. The molecule has 0 aliphatic carbocycles. The van der Waals surface area contributed by atoms with Gasteiger partial charge in [-0.15, -0.1) is 0 Å². The molecule has 3 heterocycles. The number of carbonyl (C=O) groups is 3. The first-order valence-electron chi connectivity index (χ1n) is 15.3. The van der Waals surface area contributed by atoms with Crippen LogP contribution in [0.5, 0.6) is 0 Å². The Morgan fingerprint density at radius 2 is 1.70 bits per heavy atom. The maximum Gasteiger partial charge on any atom is 0.408 e. The average Bonchev–Trinajstić information content (AvgIpc) is 3.44. The first-order chi connectivity index (χ1) is 22.9. The molecule has 0 saturated carbocycles. The van der Waals surface area contributed by atoms with Crippen LogP contribution in [0.15, 0.2) is 108 Å². The van der Waals surface area contributed by atoms with Gasteiger partial charge in [-0.25, -0.2) is 19.7 Å². The minimum atomic E-state index is -0.835. The molecule has 0 bridgehead atoms. The predicted octanol–water partition coefficient (Wildman–Crippen LogP) is 5.68. The number of carbonyl (C=O) groups excluding carboxylic acids is 3. The maximum absolute atomic E-state index is 13.8. The number of hydrogen-bond donors (Lipinski definition) is 2. The number of amidine groups is 1. The van der Waals surface area contributed by atoms with Crippen LogP contribution in [-0.4, -0.2) is 60.4 Å². The van der Waals surface area contributed by atoms with Crippen molar-refractivity contribution < 1.29 is 23.9 Å². The molecule has 12 heteroatoms. The Bertz CT molecular complexity index is 1720. The molecule has 2 aliphatic rings. The number of hydrogen-bond acceptors (Lipinski definition) is 9. The molecule has 240 valence electrons. The van der Waals surface area contributed by atoms with Crippen LogP contribution in [0.1, 0.15) is 23.3 Å². The fraction of sp³-hybridized carbons (Fsp3) is 0.229. The molecule has 0 radical (unpaired) electrons. The zero-order valence-corrected chi connectivity index (χ0v) is 26.6. The first kappa shape index (κ1) is 31.8. The second-order valence-corrected chi connectivity index (χ2v) is 12.0. The molecule has 47 heavy (non-hydrogen) atoms. The van der Waals surface area contributed by atoms with Gasteiger partial charge in [-0.1, -0.05) is 60.3 Å². The molecule has 0 spiro atoms. The number of amides is 3. The third-order valence-corrected chi connectivity index (χ3v) is 8.80. The Kier molecular flexibility index (Phi) is 10.1. The molecule has 2 N–H and O–H groups in total. The zero-order chi connectivity index (χ0) is 32.6. The summed E-state index contributed by atoms with van der Waals surface area (Å²) in [5, 5.41) is 5.30. The lowest BCUT2D eigenvalue weighted by Gasteiger charge is -2.28. The van der Waals surface area contributed by atoms with Gasteiger partial charge in [0.05, 0.1) is 18.9 Å². The quantitative estimate of drug-likeness (QED) is 0.237. The van der Waals surface area contributed by atoms with Crippen molar-refractivity contribution in [3.63, 3.8) is 0 Å². The summed E-state index contributed by atoms with van der Waals surface area (Å²) in [7, 11) is 0. The lowest BCUT2D eigenvalue weighted by Crippen LogP contribution is -2.41. The van der Waals surface area contributed by atoms with E-state index in [0.29, 0.717) is 29.9 Å². The number of morpholine rings is 1. The number of nitrogens with zero attached hydrogens (tertiary/aromatic N) is 4. The standard InChI is InChI=1S/C35H34N6O5S/c1-24(37-35(44)46-23-25-7-3-2-4-8-25)32(42)38-27-12-10-26(11-13-27)31-33(43)41(30-9-5-6-18-36-30)34(47-31)39-28-14-16-29(17-15-28)40-19-21-45-22-20-40/h2-18,24,31H,19-23H2,1H3,(H,37,44)(H,38,42)/t24-,31?/m0/s1. The number of aliphatic imine (C=N–C) groups is 1. The van der Waals surface area contributed by atoms with Crippen molar-refractivity contribution in [3.8, 4) is 0 Å². The molecule has 3 amide bonds. The van der Waals surface area contributed by atoms with Crippen LogP contribution in [0, 0.1) is 0 Å². The Hall–Kier alpha value is -5.20. The number of thioether (sulfide) groups is 1. The lowest BCUT2D eigenvalue weighted by molar-refractivity contribution is -0.118. The van der Waals surface area contributed by atoms with E-state index >= 15 is 0 Å². The number of aromatic nitrogens is 1. The van der Waals surface area contributed by atoms with E-state index < -0.39 is 23.3 Å². The van der Waals surface area contributed by atoms with Crippen LogP contribution in [0.4, 0.5) is 27.7 Å². The number of anilines is 3. The molecular weight excluding hydrogens is 616 g/mol. The Balaban J connectivity index is 1.11. The van der Waals surface area contributed by atoms with E-state index in [1.807, 2.05) is 60.7 Å². The molecule has 2 saturated heterocycles. The minimum absolute atomic E-state index is 0.103. The maximum atomic E-state index is 13.8. The Morgan fingerprint density at radius 3 is 2.40 bits per heavy atom. The van der Waals surface area contributed by atoms with Crippen LogP contribution >= 0.6 is 11.8 Å². The summed E-state index contributed by atoms with van der Waals surface area (Å²) in [6.07, 6.45) is 0.956. The molecular formula is C35H34N6O5S. The monoisotopic (exact) mass is 650 g/mol. The number of ether oxygens (including phenoxy) is 2. The van der Waals surface area contributed by atoms with Gasteiger partial charge in [-0.05, 0) is 66.6 Å². The van der Waals surface area contributed by atoms with Crippen LogP contribution in [0.25, 0.3) is 0 Å². The van der Waals surface area contributed by atoms with E-state index in [1.54, 1.807) is 54.4 Å². The lowest BCUT2D eigenvalue weighted by atomic mass is 10.1. The van der Waals surface area contributed by atoms with Gasteiger partial charge < -0.3 is 25.0 Å². The van der Waals surface area contributed by atoms with Crippen LogP contribution in [-0.2, 0) is 25.7 Å². The van der Waals surface area contributed by atoms with E-state index in [4.69, 9.17) is 14.5 Å². The van der Waals surface area contributed by atoms with Crippen LogP contribution in [0.3, 0.4) is 0 Å². The average molecular weight is 651 g/mol. The molecule has 11 nitrogen and oxygen atoms in total. The Morgan fingerprint density at radius 1 is 0.979 bits per heavy atom. The summed E-state index contributed by atoms with van der Waals surface area (Å²) in [4.78, 5) is 51.9. The minimum Gasteiger partial charge on any atom is -0.445 e. The van der Waals surface area contributed by atoms with Crippen molar-refractivity contribution in [1.82, 2.24) is 10.3 Å². The molecule has 3 aromatic carbocycles. The highest BCUT2D eigenvalue weighted by atomic mass is 32.2. The topological polar surface area (TPSA) is 125 Å². The zero-order valence-electron chi connectivity index (χ0n) is 25.7. The number of nitrogens with one attached hydrogen (secondary N) is 2. The van der Waals surface area contributed by atoms with Gasteiger partial charge >= 0.3 is 6.09 Å². The van der Waals surface area contributed by atoms with Crippen molar-refractivity contribution >= 4 is 57.7 Å². The highest BCUT2D eigenvalue weighted by Crippen LogP contribution is 2.42. The van der Waals surface area contributed by atoms with Gasteiger partial charge in [-0.3, -0.25) is 9.59 Å². The van der Waals surface area contributed by atoms with E-state index in [1.165, 1.54) is 11.8 Å². The first-order valence-corrected chi connectivity index (χ1v) is 16.1. The summed E-state index contributed by atoms with van der Waals surface area (Å²) in [5.74, 6) is -0.0824.